The summed E-state index contributed by atoms with van der Waals surface area (Å²) in [6, 6.07) is 4.57. The Hall–Kier alpha value is -2.51. The molecule has 0 spiro atoms. The molecule has 19 heavy (non-hydrogen) atoms. The van der Waals surface area contributed by atoms with Crippen molar-refractivity contribution in [1.29, 1.82) is 0 Å². The Kier molecular flexibility index (Phi) is 3.41. The number of aromatic nitrogens is 2. The summed E-state index contributed by atoms with van der Waals surface area (Å²) in [4.78, 5) is 16.2. The molecule has 8 heteroatoms. The molecule has 2 rings (SSSR count). The molecule has 0 aliphatic rings. The van der Waals surface area contributed by atoms with Crippen molar-refractivity contribution in [3.8, 4) is 5.75 Å². The molecule has 0 atom stereocenters. The summed E-state index contributed by atoms with van der Waals surface area (Å²) >= 11 is 0. The summed E-state index contributed by atoms with van der Waals surface area (Å²) in [6.07, 6.45) is -2.06. The fourth-order valence-corrected chi connectivity index (χ4v) is 1.33. The number of amides is 1. The fraction of sp³-hybridized carbons (Fsp3) is 0.0909. The number of carbonyl (C=O) groups is 1. The van der Waals surface area contributed by atoms with Crippen LogP contribution in [0, 0.1) is 0 Å². The van der Waals surface area contributed by atoms with Gasteiger partial charge in [0, 0.05) is 6.20 Å². The van der Waals surface area contributed by atoms with Gasteiger partial charge in [0.05, 0.1) is 11.8 Å². The van der Waals surface area contributed by atoms with E-state index in [1.54, 1.807) is 0 Å². The topological polar surface area (TPSA) is 67.0 Å². The van der Waals surface area contributed by atoms with Crippen LogP contribution >= 0.6 is 0 Å². The molecular weight excluding hydrogens is 263 g/mol. The van der Waals surface area contributed by atoms with Gasteiger partial charge in [-0.1, -0.05) is 12.1 Å². The molecule has 0 unspecified atom stereocenters. The zero-order chi connectivity index (χ0) is 13.9. The summed E-state index contributed by atoms with van der Waals surface area (Å²) in [6.45, 7) is 0. The number of hydroxylamine groups is 1. The molecule has 1 heterocycles. The molecule has 1 amide bonds. The molecule has 0 fully saturated rings. The zero-order valence-electron chi connectivity index (χ0n) is 9.36. The molecule has 1 aromatic heterocycles. The second-order valence-corrected chi connectivity index (χ2v) is 3.51. The molecule has 1 aromatic carbocycles. The maximum Gasteiger partial charge on any atom is 0.420 e. The predicted molar refractivity (Wildman–Crippen MR) is 58.1 cm³/mol. The van der Waals surface area contributed by atoms with E-state index in [4.69, 9.17) is 0 Å². The average Bonchev–Trinajstić information content (AvgIpc) is 2.89. The minimum absolute atomic E-state index is 0.143. The lowest BCUT2D eigenvalue weighted by atomic mass is 10.2. The Balaban J connectivity index is 2.10. The Morgan fingerprint density at radius 2 is 2.05 bits per heavy atom. The van der Waals surface area contributed by atoms with Gasteiger partial charge in [0.25, 0.3) is 5.91 Å². The van der Waals surface area contributed by atoms with Gasteiger partial charge in [-0.3, -0.25) is 9.89 Å². The highest BCUT2D eigenvalue weighted by molar-refractivity contribution is 5.92. The van der Waals surface area contributed by atoms with E-state index in [0.29, 0.717) is 0 Å². The summed E-state index contributed by atoms with van der Waals surface area (Å²) in [5.41, 5.74) is 1.09. The molecule has 0 bridgehead atoms. The molecular formula is C11H8F3N3O2. The lowest BCUT2D eigenvalue weighted by Crippen LogP contribution is -2.27. The van der Waals surface area contributed by atoms with E-state index in [1.165, 1.54) is 24.5 Å². The van der Waals surface area contributed by atoms with Gasteiger partial charge in [0.2, 0.25) is 0 Å². The van der Waals surface area contributed by atoms with Crippen LogP contribution in [0.2, 0.25) is 0 Å². The highest BCUT2D eigenvalue weighted by Crippen LogP contribution is 2.35. The van der Waals surface area contributed by atoms with Gasteiger partial charge in [0.1, 0.15) is 5.56 Å². The third-order valence-electron chi connectivity index (χ3n) is 2.21. The van der Waals surface area contributed by atoms with Crippen molar-refractivity contribution >= 4 is 5.91 Å². The van der Waals surface area contributed by atoms with Crippen LogP contribution in [0.4, 0.5) is 13.2 Å². The number of halogens is 3. The summed E-state index contributed by atoms with van der Waals surface area (Å²) in [7, 11) is 0. The van der Waals surface area contributed by atoms with Crippen molar-refractivity contribution in [2.75, 3.05) is 0 Å². The van der Waals surface area contributed by atoms with Gasteiger partial charge in [-0.05, 0) is 12.1 Å². The normalized spacial score (nSPS) is 11.1. The SMILES string of the molecule is O=C(NOc1ccccc1C(F)(F)F)c1cn[nH]c1. The van der Waals surface area contributed by atoms with E-state index >= 15 is 0 Å². The maximum atomic E-state index is 12.6. The van der Waals surface area contributed by atoms with Crippen LogP contribution in [-0.2, 0) is 6.18 Å². The van der Waals surface area contributed by atoms with Gasteiger partial charge in [-0.2, -0.15) is 23.8 Å². The molecule has 5 nitrogen and oxygen atoms in total. The van der Waals surface area contributed by atoms with Crippen LogP contribution in [0.25, 0.3) is 0 Å². The number of benzene rings is 1. The van der Waals surface area contributed by atoms with Crippen LogP contribution in [0.1, 0.15) is 15.9 Å². The van der Waals surface area contributed by atoms with Crippen molar-refractivity contribution in [1.82, 2.24) is 15.7 Å². The number of H-pyrrole nitrogens is 1. The van der Waals surface area contributed by atoms with Crippen molar-refractivity contribution in [2.45, 2.75) is 6.18 Å². The van der Waals surface area contributed by atoms with Crippen LogP contribution in [-0.4, -0.2) is 16.1 Å². The summed E-state index contributed by atoms with van der Waals surface area (Å²) in [5.74, 6) is -1.18. The number of aromatic amines is 1. The Labute approximate surface area is 105 Å². The van der Waals surface area contributed by atoms with E-state index in [-0.39, 0.29) is 5.56 Å². The van der Waals surface area contributed by atoms with Crippen LogP contribution in [0.5, 0.6) is 5.75 Å². The standard InChI is InChI=1S/C11H8F3N3O2/c12-11(13,14)8-3-1-2-4-9(8)19-17-10(18)7-5-15-16-6-7/h1-6H,(H,15,16)(H,17,18). The first kappa shape index (κ1) is 12.9. The van der Waals surface area contributed by atoms with Gasteiger partial charge >= 0.3 is 6.18 Å². The quantitative estimate of drug-likeness (QED) is 0.840. The van der Waals surface area contributed by atoms with Crippen LogP contribution < -0.4 is 10.3 Å². The van der Waals surface area contributed by atoms with E-state index in [0.717, 1.165) is 12.1 Å². The largest absolute Gasteiger partial charge is 0.420 e. The fourth-order valence-electron chi connectivity index (χ4n) is 1.33. The highest BCUT2D eigenvalue weighted by Gasteiger charge is 2.34. The number of nitrogens with zero attached hydrogens (tertiary/aromatic N) is 1. The van der Waals surface area contributed by atoms with Crippen molar-refractivity contribution in [3.63, 3.8) is 0 Å². The number of nitrogens with one attached hydrogen (secondary N) is 2. The van der Waals surface area contributed by atoms with Crippen LogP contribution in [0.3, 0.4) is 0 Å². The van der Waals surface area contributed by atoms with Gasteiger partial charge in [-0.15, -0.1) is 0 Å². The van der Waals surface area contributed by atoms with Crippen molar-refractivity contribution in [2.24, 2.45) is 0 Å². The minimum atomic E-state index is -4.56. The van der Waals surface area contributed by atoms with Gasteiger partial charge in [-0.25, -0.2) is 0 Å². The third-order valence-corrected chi connectivity index (χ3v) is 2.21. The Morgan fingerprint density at radius 3 is 2.68 bits per heavy atom. The first-order valence-corrected chi connectivity index (χ1v) is 5.10. The number of rotatable bonds is 3. The Morgan fingerprint density at radius 1 is 1.32 bits per heavy atom. The summed E-state index contributed by atoms with van der Waals surface area (Å²) in [5, 5.41) is 5.93. The zero-order valence-corrected chi connectivity index (χ0v) is 9.36. The van der Waals surface area contributed by atoms with Gasteiger partial charge in [0.15, 0.2) is 5.75 Å². The molecule has 2 aromatic rings. The maximum absolute atomic E-state index is 12.6. The highest BCUT2D eigenvalue weighted by atomic mass is 19.4. The predicted octanol–water partition coefficient (Wildman–Crippen LogP) is 2.15. The first-order chi connectivity index (χ1) is 8.98. The van der Waals surface area contributed by atoms with E-state index in [1.807, 2.05) is 5.48 Å². The number of carbonyl (C=O) groups excluding carboxylic acids is 1. The Bertz CT molecular complexity index is 567. The van der Waals surface area contributed by atoms with Crippen LogP contribution in [0.15, 0.2) is 36.7 Å². The first-order valence-electron chi connectivity index (χ1n) is 5.10. The third kappa shape index (κ3) is 3.03. The minimum Gasteiger partial charge on any atom is -0.379 e. The van der Waals surface area contributed by atoms with E-state index in [9.17, 15) is 18.0 Å². The number of para-hydroxylation sites is 1. The average molecular weight is 271 g/mol. The number of alkyl halides is 3. The second kappa shape index (κ2) is 5.01. The molecule has 0 radical (unpaired) electrons. The molecule has 0 saturated heterocycles. The van der Waals surface area contributed by atoms with Gasteiger partial charge < -0.3 is 4.84 Å². The molecule has 2 N–H and O–H groups in total. The molecule has 0 saturated carbocycles. The van der Waals surface area contributed by atoms with E-state index < -0.39 is 23.4 Å². The number of hydrogen-bond acceptors (Lipinski definition) is 3. The number of hydrogen-bond donors (Lipinski definition) is 2. The molecule has 0 aliphatic heterocycles. The molecule has 100 valence electrons. The lowest BCUT2D eigenvalue weighted by molar-refractivity contribution is -0.139. The van der Waals surface area contributed by atoms with Crippen molar-refractivity contribution < 1.29 is 22.8 Å². The van der Waals surface area contributed by atoms with E-state index in [2.05, 4.69) is 15.0 Å². The van der Waals surface area contributed by atoms with Crippen molar-refractivity contribution in [3.05, 3.63) is 47.8 Å². The smallest absolute Gasteiger partial charge is 0.379 e. The monoisotopic (exact) mass is 271 g/mol. The summed E-state index contributed by atoms with van der Waals surface area (Å²) < 4.78 is 37.9. The molecule has 0 aliphatic carbocycles. The lowest BCUT2D eigenvalue weighted by Gasteiger charge is -2.12. The second-order valence-electron chi connectivity index (χ2n) is 3.51.